The Hall–Kier alpha value is -2.87. The first-order valence-corrected chi connectivity index (χ1v) is 9.27. The third-order valence-corrected chi connectivity index (χ3v) is 5.21. The van der Waals surface area contributed by atoms with E-state index in [1.807, 2.05) is 31.5 Å². The number of nitrogens with one attached hydrogen (secondary N) is 1. The van der Waals surface area contributed by atoms with Gasteiger partial charge in [0.15, 0.2) is 16.8 Å². The molecule has 7 nitrogen and oxygen atoms in total. The fourth-order valence-corrected chi connectivity index (χ4v) is 3.53. The maximum Gasteiger partial charge on any atom is 0.221 e. The van der Waals surface area contributed by atoms with Crippen LogP contribution in [0.4, 0.5) is 5.69 Å². The lowest BCUT2D eigenvalue weighted by Crippen LogP contribution is -2.14. The fourth-order valence-electron chi connectivity index (χ4n) is 2.64. The third kappa shape index (κ3) is 4.11. The predicted octanol–water partition coefficient (Wildman–Crippen LogP) is 3.71. The highest BCUT2D eigenvalue weighted by atomic mass is 32.2. The summed E-state index contributed by atoms with van der Waals surface area (Å²) in [6.07, 6.45) is 1.61. The minimum atomic E-state index is -0.335. The zero-order chi connectivity index (χ0) is 19.6. The van der Waals surface area contributed by atoms with Gasteiger partial charge >= 0.3 is 0 Å². The van der Waals surface area contributed by atoms with E-state index < -0.39 is 0 Å². The van der Waals surface area contributed by atoms with Crippen molar-refractivity contribution in [3.05, 3.63) is 47.9 Å². The second kappa shape index (κ2) is 7.79. The minimum absolute atomic E-state index is 0.0154. The highest BCUT2D eigenvalue weighted by Gasteiger charge is 2.21. The molecule has 2 aromatic heterocycles. The lowest BCUT2D eigenvalue weighted by atomic mass is 10.1. The number of rotatable bonds is 6. The van der Waals surface area contributed by atoms with E-state index in [2.05, 4.69) is 15.5 Å². The number of anilines is 1. The Morgan fingerprint density at radius 1 is 1.19 bits per heavy atom. The summed E-state index contributed by atoms with van der Waals surface area (Å²) in [5.74, 6) is 1.30. The molecule has 2 heterocycles. The smallest absolute Gasteiger partial charge is 0.221 e. The molecule has 140 valence electrons. The van der Waals surface area contributed by atoms with Crippen molar-refractivity contribution in [1.29, 1.82) is 0 Å². The van der Waals surface area contributed by atoms with Crippen molar-refractivity contribution in [2.24, 2.45) is 7.05 Å². The molecule has 0 unspecified atom stereocenters. The Balaban J connectivity index is 1.73. The van der Waals surface area contributed by atoms with Crippen LogP contribution in [0, 0.1) is 6.92 Å². The molecule has 1 atom stereocenters. The van der Waals surface area contributed by atoms with Gasteiger partial charge in [-0.25, -0.2) is 0 Å². The van der Waals surface area contributed by atoms with Crippen molar-refractivity contribution >= 4 is 29.1 Å². The quantitative estimate of drug-likeness (QED) is 0.515. The van der Waals surface area contributed by atoms with E-state index in [9.17, 15) is 9.59 Å². The Morgan fingerprint density at radius 3 is 2.48 bits per heavy atom. The number of hydrogen-bond acceptors (Lipinski definition) is 6. The van der Waals surface area contributed by atoms with Gasteiger partial charge in [0.2, 0.25) is 5.91 Å². The van der Waals surface area contributed by atoms with Gasteiger partial charge in [0.05, 0.1) is 17.1 Å². The molecule has 0 saturated heterocycles. The molecule has 0 bridgehead atoms. The zero-order valence-electron chi connectivity index (χ0n) is 15.5. The highest BCUT2D eigenvalue weighted by molar-refractivity contribution is 8.00. The van der Waals surface area contributed by atoms with E-state index in [0.29, 0.717) is 22.2 Å². The van der Waals surface area contributed by atoms with Crippen LogP contribution in [-0.4, -0.2) is 31.7 Å². The van der Waals surface area contributed by atoms with Gasteiger partial charge in [0, 0.05) is 25.2 Å². The van der Waals surface area contributed by atoms with Crippen LogP contribution in [0.2, 0.25) is 0 Å². The summed E-state index contributed by atoms with van der Waals surface area (Å²) in [5, 5.41) is 11.4. The number of amides is 1. The molecule has 0 aliphatic rings. The SMILES string of the molecule is CC(=O)Nc1ccc(C(=O)[C@@H](C)Sc2nnc(-c3ccoc3C)n2C)cc1. The van der Waals surface area contributed by atoms with Crippen LogP contribution in [0.25, 0.3) is 11.4 Å². The molecule has 27 heavy (non-hydrogen) atoms. The molecule has 0 radical (unpaired) electrons. The number of aryl methyl sites for hydroxylation is 1. The Labute approximate surface area is 161 Å². The van der Waals surface area contributed by atoms with E-state index in [1.54, 1.807) is 30.5 Å². The minimum Gasteiger partial charge on any atom is -0.469 e. The molecule has 0 aliphatic heterocycles. The first kappa shape index (κ1) is 18.9. The monoisotopic (exact) mass is 384 g/mol. The Morgan fingerprint density at radius 2 is 1.89 bits per heavy atom. The largest absolute Gasteiger partial charge is 0.469 e. The predicted molar refractivity (Wildman–Crippen MR) is 104 cm³/mol. The standard InChI is InChI=1S/C19H20N4O3S/c1-11-16(9-10-26-11)18-21-22-19(23(18)4)27-12(2)17(25)14-5-7-15(8-6-14)20-13(3)24/h5-10,12H,1-4H3,(H,20,24)/t12-/m1/s1. The summed E-state index contributed by atoms with van der Waals surface area (Å²) >= 11 is 1.35. The maximum atomic E-state index is 12.7. The number of carbonyl (C=O) groups excluding carboxylic acids is 2. The molecular formula is C19H20N4O3S. The molecule has 1 amide bonds. The topological polar surface area (TPSA) is 90.0 Å². The van der Waals surface area contributed by atoms with Crippen molar-refractivity contribution in [1.82, 2.24) is 14.8 Å². The van der Waals surface area contributed by atoms with Crippen LogP contribution in [0.1, 0.15) is 30.0 Å². The van der Waals surface area contributed by atoms with Gasteiger partial charge in [0.1, 0.15) is 5.76 Å². The average Bonchev–Trinajstić information content (AvgIpc) is 3.20. The number of ketones is 1. The van der Waals surface area contributed by atoms with Gasteiger partial charge in [-0.3, -0.25) is 9.59 Å². The Bertz CT molecular complexity index is 975. The molecule has 3 aromatic rings. The Kier molecular flexibility index (Phi) is 5.46. The number of carbonyl (C=O) groups is 2. The second-order valence-corrected chi connectivity index (χ2v) is 7.45. The van der Waals surface area contributed by atoms with Crippen LogP contribution >= 0.6 is 11.8 Å². The fraction of sp³-hybridized carbons (Fsp3) is 0.263. The summed E-state index contributed by atoms with van der Waals surface area (Å²) in [6, 6.07) is 8.70. The van der Waals surface area contributed by atoms with Crippen molar-refractivity contribution < 1.29 is 14.0 Å². The van der Waals surface area contributed by atoms with Gasteiger partial charge in [-0.1, -0.05) is 11.8 Å². The lowest BCUT2D eigenvalue weighted by Gasteiger charge is -2.10. The van der Waals surface area contributed by atoms with E-state index in [4.69, 9.17) is 4.42 Å². The van der Waals surface area contributed by atoms with Crippen molar-refractivity contribution in [3.63, 3.8) is 0 Å². The van der Waals surface area contributed by atoms with Crippen LogP contribution in [0.3, 0.4) is 0 Å². The van der Waals surface area contributed by atoms with Crippen LogP contribution < -0.4 is 5.32 Å². The summed E-state index contributed by atoms with van der Waals surface area (Å²) in [5.41, 5.74) is 2.12. The van der Waals surface area contributed by atoms with Crippen LogP contribution in [0.5, 0.6) is 0 Å². The van der Waals surface area contributed by atoms with Crippen molar-refractivity contribution in [2.75, 3.05) is 5.32 Å². The van der Waals surface area contributed by atoms with Gasteiger partial charge < -0.3 is 14.3 Å². The molecule has 0 saturated carbocycles. The van der Waals surface area contributed by atoms with Gasteiger partial charge in [-0.2, -0.15) is 0 Å². The molecule has 8 heteroatoms. The number of aromatic nitrogens is 3. The highest BCUT2D eigenvalue weighted by Crippen LogP contribution is 2.29. The summed E-state index contributed by atoms with van der Waals surface area (Å²) in [6.45, 7) is 5.15. The van der Waals surface area contributed by atoms with Gasteiger partial charge in [-0.15, -0.1) is 10.2 Å². The lowest BCUT2D eigenvalue weighted by molar-refractivity contribution is -0.114. The van der Waals surface area contributed by atoms with E-state index in [-0.39, 0.29) is 16.9 Å². The van der Waals surface area contributed by atoms with E-state index in [1.165, 1.54) is 18.7 Å². The maximum absolute atomic E-state index is 12.7. The average molecular weight is 384 g/mol. The number of Topliss-reactive ketones (excluding diaryl/α,β-unsaturated/α-hetero) is 1. The number of thioether (sulfide) groups is 1. The molecule has 0 spiro atoms. The number of hydrogen-bond donors (Lipinski definition) is 1. The van der Waals surface area contributed by atoms with Gasteiger partial charge in [-0.05, 0) is 44.2 Å². The van der Waals surface area contributed by atoms with E-state index in [0.717, 1.165) is 11.3 Å². The first-order valence-electron chi connectivity index (χ1n) is 8.39. The molecule has 1 aromatic carbocycles. The number of furan rings is 1. The zero-order valence-corrected chi connectivity index (χ0v) is 16.3. The molecular weight excluding hydrogens is 364 g/mol. The van der Waals surface area contributed by atoms with Gasteiger partial charge in [0.25, 0.3) is 0 Å². The molecule has 0 fully saturated rings. The summed E-state index contributed by atoms with van der Waals surface area (Å²) in [7, 11) is 1.86. The summed E-state index contributed by atoms with van der Waals surface area (Å²) in [4.78, 5) is 23.8. The van der Waals surface area contributed by atoms with E-state index >= 15 is 0 Å². The first-order chi connectivity index (χ1) is 12.9. The van der Waals surface area contributed by atoms with Crippen molar-refractivity contribution in [3.8, 4) is 11.4 Å². The molecule has 1 N–H and O–H groups in total. The van der Waals surface area contributed by atoms with Crippen LogP contribution in [0.15, 0.2) is 46.2 Å². The second-order valence-electron chi connectivity index (χ2n) is 6.14. The van der Waals surface area contributed by atoms with Crippen molar-refractivity contribution in [2.45, 2.75) is 31.2 Å². The molecule has 3 rings (SSSR count). The summed E-state index contributed by atoms with van der Waals surface area (Å²) < 4.78 is 7.18. The number of benzene rings is 1. The normalized spacial score (nSPS) is 12.0. The number of nitrogens with zero attached hydrogens (tertiary/aromatic N) is 3. The molecule has 0 aliphatic carbocycles. The van der Waals surface area contributed by atoms with Crippen LogP contribution in [-0.2, 0) is 11.8 Å². The third-order valence-electron chi connectivity index (χ3n) is 4.08.